The van der Waals surface area contributed by atoms with E-state index in [9.17, 15) is 5.11 Å². The van der Waals surface area contributed by atoms with Gasteiger partial charge in [0.15, 0.2) is 0 Å². The summed E-state index contributed by atoms with van der Waals surface area (Å²) in [6, 6.07) is 7.76. The van der Waals surface area contributed by atoms with Crippen LogP contribution in [0.1, 0.15) is 57.6 Å². The number of rotatable bonds is 6. The largest absolute Gasteiger partial charge is 0.493 e. The van der Waals surface area contributed by atoms with Gasteiger partial charge in [0, 0.05) is 12.2 Å². The Bertz CT molecular complexity index is 405. The van der Waals surface area contributed by atoms with Gasteiger partial charge in [0.05, 0.1) is 12.2 Å². The van der Waals surface area contributed by atoms with Gasteiger partial charge < -0.3 is 14.6 Å². The molecule has 1 aromatic rings. The van der Waals surface area contributed by atoms with Gasteiger partial charge in [-0.1, -0.05) is 37.5 Å². The van der Waals surface area contributed by atoms with Crippen molar-refractivity contribution >= 4 is 0 Å². The van der Waals surface area contributed by atoms with Crippen LogP contribution in [0.15, 0.2) is 24.3 Å². The molecular formula is C17H26O3. The Morgan fingerprint density at radius 3 is 2.45 bits per heavy atom. The summed E-state index contributed by atoms with van der Waals surface area (Å²) in [7, 11) is 0. The Morgan fingerprint density at radius 1 is 1.10 bits per heavy atom. The van der Waals surface area contributed by atoms with Crippen molar-refractivity contribution in [1.29, 1.82) is 0 Å². The Balaban J connectivity index is 2.29. The van der Waals surface area contributed by atoms with E-state index < -0.39 is 11.7 Å². The molecule has 1 aliphatic carbocycles. The van der Waals surface area contributed by atoms with Gasteiger partial charge in [-0.25, -0.2) is 0 Å². The topological polar surface area (TPSA) is 38.7 Å². The summed E-state index contributed by atoms with van der Waals surface area (Å²) in [5.74, 6) is 0.771. The van der Waals surface area contributed by atoms with Gasteiger partial charge in [-0.15, -0.1) is 0 Å². The molecule has 0 spiro atoms. The van der Waals surface area contributed by atoms with Crippen LogP contribution in [0.3, 0.4) is 0 Å². The predicted molar refractivity (Wildman–Crippen MR) is 80.0 cm³/mol. The molecule has 0 aliphatic heterocycles. The van der Waals surface area contributed by atoms with Gasteiger partial charge >= 0.3 is 0 Å². The van der Waals surface area contributed by atoms with E-state index in [0.29, 0.717) is 13.2 Å². The zero-order valence-corrected chi connectivity index (χ0v) is 12.6. The molecule has 1 saturated carbocycles. The maximum absolute atomic E-state index is 10.9. The molecule has 1 unspecified atom stereocenters. The molecule has 20 heavy (non-hydrogen) atoms. The van der Waals surface area contributed by atoms with Crippen LogP contribution in [-0.2, 0) is 4.74 Å². The summed E-state index contributed by atoms with van der Waals surface area (Å²) >= 11 is 0. The fourth-order valence-corrected chi connectivity index (χ4v) is 3.21. The SMILES string of the molecule is CCOc1ccccc1C(O)C1(OCC)CCCCC1. The smallest absolute Gasteiger partial charge is 0.125 e. The number of hydrogen-bond donors (Lipinski definition) is 1. The maximum Gasteiger partial charge on any atom is 0.125 e. The highest BCUT2D eigenvalue weighted by atomic mass is 16.5. The molecule has 112 valence electrons. The van der Waals surface area contributed by atoms with E-state index in [1.165, 1.54) is 6.42 Å². The van der Waals surface area contributed by atoms with Gasteiger partial charge in [-0.2, -0.15) is 0 Å². The number of ether oxygens (including phenoxy) is 2. The third kappa shape index (κ3) is 3.15. The Morgan fingerprint density at radius 2 is 1.80 bits per heavy atom. The summed E-state index contributed by atoms with van der Waals surface area (Å²) in [4.78, 5) is 0. The van der Waals surface area contributed by atoms with Crippen molar-refractivity contribution in [3.05, 3.63) is 29.8 Å². The van der Waals surface area contributed by atoms with E-state index >= 15 is 0 Å². The first-order valence-electron chi connectivity index (χ1n) is 7.77. The van der Waals surface area contributed by atoms with Crippen LogP contribution in [0.25, 0.3) is 0 Å². The van der Waals surface area contributed by atoms with Crippen molar-refractivity contribution in [2.45, 2.75) is 57.7 Å². The number of aliphatic hydroxyl groups is 1. The molecular weight excluding hydrogens is 252 g/mol. The molecule has 0 saturated heterocycles. The predicted octanol–water partition coefficient (Wildman–Crippen LogP) is 3.86. The van der Waals surface area contributed by atoms with Crippen LogP contribution in [0, 0.1) is 0 Å². The van der Waals surface area contributed by atoms with Gasteiger partial charge in [-0.05, 0) is 32.8 Å². The fraction of sp³-hybridized carbons (Fsp3) is 0.647. The Kier molecular flexibility index (Phi) is 5.44. The number of para-hydroxylation sites is 1. The molecule has 1 atom stereocenters. The van der Waals surface area contributed by atoms with E-state index in [1.807, 2.05) is 38.1 Å². The van der Waals surface area contributed by atoms with Crippen LogP contribution in [0.2, 0.25) is 0 Å². The van der Waals surface area contributed by atoms with Crippen molar-refractivity contribution in [1.82, 2.24) is 0 Å². The van der Waals surface area contributed by atoms with Gasteiger partial charge in [0.25, 0.3) is 0 Å². The lowest BCUT2D eigenvalue weighted by Gasteiger charge is -2.41. The van der Waals surface area contributed by atoms with Gasteiger partial charge in [-0.3, -0.25) is 0 Å². The Labute approximate surface area is 121 Å². The normalized spacial score (nSPS) is 19.6. The monoisotopic (exact) mass is 278 g/mol. The van der Waals surface area contributed by atoms with Crippen LogP contribution in [-0.4, -0.2) is 23.9 Å². The summed E-state index contributed by atoms with van der Waals surface area (Å²) < 4.78 is 11.7. The second-order valence-electron chi connectivity index (χ2n) is 5.43. The van der Waals surface area contributed by atoms with Crippen LogP contribution < -0.4 is 4.74 Å². The highest BCUT2D eigenvalue weighted by Gasteiger charge is 2.41. The third-order valence-electron chi connectivity index (χ3n) is 4.14. The highest BCUT2D eigenvalue weighted by Crippen LogP contribution is 2.43. The van der Waals surface area contributed by atoms with Gasteiger partial charge in [0.1, 0.15) is 11.9 Å². The minimum absolute atomic E-state index is 0.444. The third-order valence-corrected chi connectivity index (χ3v) is 4.14. The highest BCUT2D eigenvalue weighted by molar-refractivity contribution is 5.36. The lowest BCUT2D eigenvalue weighted by Crippen LogP contribution is -2.41. The summed E-state index contributed by atoms with van der Waals surface area (Å²) in [5.41, 5.74) is 0.407. The summed E-state index contributed by atoms with van der Waals surface area (Å²) in [6.07, 6.45) is 4.69. The lowest BCUT2D eigenvalue weighted by atomic mass is 9.78. The van der Waals surface area contributed by atoms with Crippen molar-refractivity contribution in [3.63, 3.8) is 0 Å². The molecule has 1 N–H and O–H groups in total. The van der Waals surface area contributed by atoms with Crippen molar-refractivity contribution in [2.24, 2.45) is 0 Å². The van der Waals surface area contributed by atoms with E-state index in [4.69, 9.17) is 9.47 Å². The van der Waals surface area contributed by atoms with E-state index in [2.05, 4.69) is 0 Å². The lowest BCUT2D eigenvalue weighted by molar-refractivity contribution is -0.142. The molecule has 0 bridgehead atoms. The second kappa shape index (κ2) is 7.09. The van der Waals surface area contributed by atoms with E-state index in [-0.39, 0.29) is 0 Å². The molecule has 0 heterocycles. The maximum atomic E-state index is 10.9. The zero-order valence-electron chi connectivity index (χ0n) is 12.6. The fourth-order valence-electron chi connectivity index (χ4n) is 3.21. The molecule has 2 rings (SSSR count). The molecule has 3 nitrogen and oxygen atoms in total. The van der Waals surface area contributed by atoms with E-state index in [1.54, 1.807) is 0 Å². The van der Waals surface area contributed by atoms with Crippen molar-refractivity contribution in [3.8, 4) is 5.75 Å². The molecule has 0 amide bonds. The average Bonchev–Trinajstić information content (AvgIpc) is 2.49. The van der Waals surface area contributed by atoms with Crippen LogP contribution in [0.5, 0.6) is 5.75 Å². The molecule has 1 fully saturated rings. The van der Waals surface area contributed by atoms with E-state index in [0.717, 1.165) is 37.0 Å². The molecule has 3 heteroatoms. The van der Waals surface area contributed by atoms with Gasteiger partial charge in [0.2, 0.25) is 0 Å². The Hall–Kier alpha value is -1.06. The van der Waals surface area contributed by atoms with Crippen molar-refractivity contribution in [2.75, 3.05) is 13.2 Å². The number of hydrogen-bond acceptors (Lipinski definition) is 3. The first-order chi connectivity index (χ1) is 9.73. The minimum Gasteiger partial charge on any atom is -0.493 e. The average molecular weight is 278 g/mol. The molecule has 1 aromatic carbocycles. The zero-order chi connectivity index (χ0) is 14.4. The second-order valence-corrected chi connectivity index (χ2v) is 5.43. The van der Waals surface area contributed by atoms with Crippen LogP contribution in [0.4, 0.5) is 0 Å². The summed E-state index contributed by atoms with van der Waals surface area (Å²) in [5, 5.41) is 10.9. The quantitative estimate of drug-likeness (QED) is 0.858. The first kappa shape index (κ1) is 15.3. The minimum atomic E-state index is -0.620. The number of benzene rings is 1. The van der Waals surface area contributed by atoms with Crippen LogP contribution >= 0.6 is 0 Å². The molecule has 1 aliphatic rings. The van der Waals surface area contributed by atoms with Crippen molar-refractivity contribution < 1.29 is 14.6 Å². The summed E-state index contributed by atoms with van der Waals surface area (Å²) in [6.45, 7) is 5.19. The number of aliphatic hydroxyl groups excluding tert-OH is 1. The molecule has 0 aromatic heterocycles. The molecule has 0 radical (unpaired) electrons. The standard InChI is InChI=1S/C17H26O3/c1-3-19-15-11-7-6-10-14(15)16(18)17(20-4-2)12-8-5-9-13-17/h6-7,10-11,16,18H,3-5,8-9,12-13H2,1-2H3. The first-order valence-corrected chi connectivity index (χ1v) is 7.77.